The molecule has 0 aromatic heterocycles. The van der Waals surface area contributed by atoms with Crippen molar-refractivity contribution in [1.82, 2.24) is 10.2 Å². The third-order valence-electron chi connectivity index (χ3n) is 5.29. The first-order chi connectivity index (χ1) is 15.4. The van der Waals surface area contributed by atoms with Crippen LogP contribution in [0, 0.1) is 6.92 Å². The van der Waals surface area contributed by atoms with E-state index >= 15 is 0 Å². The number of hydrogen-bond acceptors (Lipinski definition) is 2. The molecule has 1 atom stereocenters. The summed E-state index contributed by atoms with van der Waals surface area (Å²) in [4.78, 5) is 28.1. The van der Waals surface area contributed by atoms with Crippen LogP contribution >= 0.6 is 23.2 Å². The SMILES string of the molecule is CNC(=O)[C@@H](Cc1ccccc1)N(Cc1cccc(C)c1)C(=O)Cc1ccc(Cl)c(Cl)c1. The lowest BCUT2D eigenvalue weighted by atomic mass is 10.0. The van der Waals surface area contributed by atoms with Gasteiger partial charge in [-0.1, -0.05) is 89.4 Å². The van der Waals surface area contributed by atoms with Gasteiger partial charge < -0.3 is 10.2 Å². The topological polar surface area (TPSA) is 49.4 Å². The van der Waals surface area contributed by atoms with Crippen LogP contribution in [0.1, 0.15) is 22.3 Å². The van der Waals surface area contributed by atoms with E-state index in [4.69, 9.17) is 23.2 Å². The van der Waals surface area contributed by atoms with Crippen molar-refractivity contribution in [3.8, 4) is 0 Å². The van der Waals surface area contributed by atoms with Crippen LogP contribution in [-0.2, 0) is 29.0 Å². The lowest BCUT2D eigenvalue weighted by Crippen LogP contribution is -2.50. The van der Waals surface area contributed by atoms with Gasteiger partial charge in [0, 0.05) is 20.0 Å². The fourth-order valence-electron chi connectivity index (χ4n) is 3.65. The molecule has 166 valence electrons. The molecule has 3 rings (SSSR count). The van der Waals surface area contributed by atoms with Gasteiger partial charge >= 0.3 is 0 Å². The summed E-state index contributed by atoms with van der Waals surface area (Å²) in [5.41, 5.74) is 3.79. The first-order valence-corrected chi connectivity index (χ1v) is 11.2. The minimum Gasteiger partial charge on any atom is -0.357 e. The smallest absolute Gasteiger partial charge is 0.242 e. The number of amides is 2. The van der Waals surface area contributed by atoms with Crippen molar-refractivity contribution < 1.29 is 9.59 Å². The maximum atomic E-state index is 13.5. The Hall–Kier alpha value is -2.82. The van der Waals surface area contributed by atoms with Gasteiger partial charge in [-0.3, -0.25) is 9.59 Å². The minimum atomic E-state index is -0.654. The number of nitrogens with zero attached hydrogens (tertiary/aromatic N) is 1. The number of nitrogens with one attached hydrogen (secondary N) is 1. The highest BCUT2D eigenvalue weighted by Gasteiger charge is 2.29. The highest BCUT2D eigenvalue weighted by Crippen LogP contribution is 2.24. The van der Waals surface area contributed by atoms with Crippen LogP contribution in [0.3, 0.4) is 0 Å². The van der Waals surface area contributed by atoms with Crippen LogP contribution < -0.4 is 5.32 Å². The number of carbonyl (C=O) groups is 2. The fourth-order valence-corrected chi connectivity index (χ4v) is 3.97. The second-order valence-corrected chi connectivity index (χ2v) is 8.57. The van der Waals surface area contributed by atoms with Crippen LogP contribution in [0.5, 0.6) is 0 Å². The number of carbonyl (C=O) groups excluding carboxylic acids is 2. The average molecular weight is 469 g/mol. The molecule has 2 amide bonds. The molecular weight excluding hydrogens is 443 g/mol. The van der Waals surface area contributed by atoms with Crippen LogP contribution in [0.4, 0.5) is 0 Å². The largest absolute Gasteiger partial charge is 0.357 e. The zero-order chi connectivity index (χ0) is 23.1. The average Bonchev–Trinajstić information content (AvgIpc) is 2.79. The summed E-state index contributed by atoms with van der Waals surface area (Å²) < 4.78 is 0. The zero-order valence-corrected chi connectivity index (χ0v) is 19.7. The Balaban J connectivity index is 1.95. The molecule has 0 saturated carbocycles. The molecule has 0 aliphatic rings. The monoisotopic (exact) mass is 468 g/mol. The Morgan fingerprint density at radius 3 is 2.25 bits per heavy atom. The van der Waals surface area contributed by atoms with E-state index in [0.717, 1.165) is 22.3 Å². The molecule has 0 aliphatic carbocycles. The first-order valence-electron chi connectivity index (χ1n) is 10.4. The van der Waals surface area contributed by atoms with Gasteiger partial charge in [-0.25, -0.2) is 0 Å². The number of aryl methyl sites for hydroxylation is 1. The van der Waals surface area contributed by atoms with Crippen LogP contribution in [-0.4, -0.2) is 29.8 Å². The molecule has 3 aromatic carbocycles. The number of halogens is 2. The van der Waals surface area contributed by atoms with E-state index in [9.17, 15) is 9.59 Å². The summed E-state index contributed by atoms with van der Waals surface area (Å²) in [6.07, 6.45) is 0.532. The molecule has 0 aliphatic heterocycles. The Kier molecular flexibility index (Phi) is 8.32. The molecule has 0 unspecified atom stereocenters. The molecule has 0 fully saturated rings. The Bertz CT molecular complexity index is 1090. The predicted molar refractivity (Wildman–Crippen MR) is 130 cm³/mol. The van der Waals surface area contributed by atoms with Gasteiger partial charge in [0.1, 0.15) is 6.04 Å². The van der Waals surface area contributed by atoms with Crippen molar-refractivity contribution in [3.05, 3.63) is 105 Å². The zero-order valence-electron chi connectivity index (χ0n) is 18.1. The number of benzene rings is 3. The molecule has 0 spiro atoms. The van der Waals surface area contributed by atoms with E-state index in [0.29, 0.717) is 23.0 Å². The summed E-state index contributed by atoms with van der Waals surface area (Å²) in [6.45, 7) is 2.33. The second-order valence-electron chi connectivity index (χ2n) is 7.76. The normalized spacial score (nSPS) is 11.6. The first kappa shape index (κ1) is 23.8. The van der Waals surface area contributed by atoms with Gasteiger partial charge in [0.05, 0.1) is 16.5 Å². The standard InChI is InChI=1S/C26H26Cl2N2O2/c1-18-7-6-10-21(13-18)17-30(25(31)16-20-11-12-22(27)23(28)14-20)24(26(32)29-2)15-19-8-4-3-5-9-19/h3-14,24H,15-17H2,1-2H3,(H,29,32)/t24-/m1/s1. The van der Waals surface area contributed by atoms with E-state index in [1.807, 2.05) is 61.5 Å². The van der Waals surface area contributed by atoms with E-state index in [-0.39, 0.29) is 18.2 Å². The van der Waals surface area contributed by atoms with Gasteiger partial charge in [0.2, 0.25) is 11.8 Å². The highest BCUT2D eigenvalue weighted by molar-refractivity contribution is 6.42. The van der Waals surface area contributed by atoms with Crippen LogP contribution in [0.25, 0.3) is 0 Å². The second kappa shape index (κ2) is 11.2. The van der Waals surface area contributed by atoms with E-state index < -0.39 is 6.04 Å². The Morgan fingerprint density at radius 1 is 0.875 bits per heavy atom. The summed E-state index contributed by atoms with van der Waals surface area (Å²) in [6, 6.07) is 22.2. The van der Waals surface area contributed by atoms with E-state index in [2.05, 4.69) is 5.32 Å². The third-order valence-corrected chi connectivity index (χ3v) is 6.03. The molecule has 32 heavy (non-hydrogen) atoms. The maximum Gasteiger partial charge on any atom is 0.242 e. The quantitative estimate of drug-likeness (QED) is 0.491. The van der Waals surface area contributed by atoms with E-state index in [1.54, 1.807) is 30.1 Å². The summed E-state index contributed by atoms with van der Waals surface area (Å²) >= 11 is 12.2. The van der Waals surface area contributed by atoms with Crippen molar-refractivity contribution in [2.24, 2.45) is 0 Å². The number of rotatable bonds is 8. The van der Waals surface area contributed by atoms with Crippen LogP contribution in [0.15, 0.2) is 72.8 Å². The van der Waals surface area contributed by atoms with Gasteiger partial charge in [-0.2, -0.15) is 0 Å². The van der Waals surface area contributed by atoms with Crippen LogP contribution in [0.2, 0.25) is 10.0 Å². The third kappa shape index (κ3) is 6.35. The molecule has 1 N–H and O–H groups in total. The molecule has 3 aromatic rings. The van der Waals surface area contributed by atoms with Crippen molar-refractivity contribution >= 4 is 35.0 Å². The Morgan fingerprint density at radius 2 is 1.59 bits per heavy atom. The summed E-state index contributed by atoms with van der Waals surface area (Å²) in [5, 5.41) is 3.56. The molecule has 0 saturated heterocycles. The predicted octanol–water partition coefficient (Wildman–Crippen LogP) is 5.23. The van der Waals surface area contributed by atoms with E-state index in [1.165, 1.54) is 0 Å². The van der Waals surface area contributed by atoms with Crippen molar-refractivity contribution in [1.29, 1.82) is 0 Å². The number of likely N-dealkylation sites (N-methyl/N-ethyl adjacent to an activating group) is 1. The maximum absolute atomic E-state index is 13.5. The lowest BCUT2D eigenvalue weighted by Gasteiger charge is -2.31. The van der Waals surface area contributed by atoms with Crippen molar-refractivity contribution in [2.75, 3.05) is 7.05 Å². The van der Waals surface area contributed by atoms with Gasteiger partial charge in [0.25, 0.3) is 0 Å². The van der Waals surface area contributed by atoms with Gasteiger partial charge in [0.15, 0.2) is 0 Å². The number of hydrogen-bond donors (Lipinski definition) is 1. The lowest BCUT2D eigenvalue weighted by molar-refractivity contribution is -0.140. The fraction of sp³-hybridized carbons (Fsp3) is 0.231. The molecule has 0 radical (unpaired) electrons. The molecule has 6 heteroatoms. The molecule has 4 nitrogen and oxygen atoms in total. The highest BCUT2D eigenvalue weighted by atomic mass is 35.5. The minimum absolute atomic E-state index is 0.116. The van der Waals surface area contributed by atoms with Crippen molar-refractivity contribution in [2.45, 2.75) is 32.4 Å². The molecule has 0 heterocycles. The Labute approximate surface area is 199 Å². The molecular formula is C26H26Cl2N2O2. The van der Waals surface area contributed by atoms with Gasteiger partial charge in [-0.05, 0) is 35.7 Å². The van der Waals surface area contributed by atoms with Crippen molar-refractivity contribution in [3.63, 3.8) is 0 Å². The molecule has 0 bridgehead atoms. The summed E-state index contributed by atoms with van der Waals surface area (Å²) in [7, 11) is 1.59. The summed E-state index contributed by atoms with van der Waals surface area (Å²) in [5.74, 6) is -0.363. The van der Waals surface area contributed by atoms with Gasteiger partial charge in [-0.15, -0.1) is 0 Å².